The van der Waals surface area contributed by atoms with Crippen molar-refractivity contribution in [3.05, 3.63) is 12.2 Å². The van der Waals surface area contributed by atoms with E-state index in [1.807, 2.05) is 55.4 Å². The van der Waals surface area contributed by atoms with Crippen LogP contribution in [-0.4, -0.2) is 151 Å². The first-order valence-corrected chi connectivity index (χ1v) is 16.9. The molecule has 0 fully saturated rings. The summed E-state index contributed by atoms with van der Waals surface area (Å²) in [6.45, 7) is 22.4. The van der Waals surface area contributed by atoms with E-state index >= 15 is 0 Å². The second-order valence-corrected chi connectivity index (χ2v) is 12.4. The smallest absolute Gasteiger partial charge is 0.253 e. The fourth-order valence-corrected chi connectivity index (χ4v) is 4.10. The highest BCUT2D eigenvalue weighted by molar-refractivity contribution is 6.13. The second kappa shape index (κ2) is 25.5. The molecule has 1 heterocycles. The lowest BCUT2D eigenvalue weighted by molar-refractivity contribution is -0.141. The van der Waals surface area contributed by atoms with E-state index in [2.05, 4.69) is 0 Å². The van der Waals surface area contributed by atoms with Crippen molar-refractivity contribution in [2.24, 2.45) is 0 Å². The van der Waals surface area contributed by atoms with Gasteiger partial charge in [0.25, 0.3) is 11.8 Å². The van der Waals surface area contributed by atoms with Crippen molar-refractivity contribution in [3.8, 4) is 0 Å². The molecule has 47 heavy (non-hydrogen) atoms. The van der Waals surface area contributed by atoms with Crippen molar-refractivity contribution in [2.75, 3.05) is 79.8 Å². The van der Waals surface area contributed by atoms with E-state index in [1.165, 1.54) is 17.1 Å². The number of ether oxygens (including phenoxy) is 10. The Labute approximate surface area is 282 Å². The van der Waals surface area contributed by atoms with Crippen LogP contribution in [-0.2, 0) is 57.0 Å². The van der Waals surface area contributed by atoms with Gasteiger partial charge in [0, 0.05) is 19.3 Å². The highest BCUT2D eigenvalue weighted by Gasteiger charge is 2.28. The molecule has 0 aromatic carbocycles. The Morgan fingerprint density at radius 3 is 1.02 bits per heavy atom. The molecule has 9 unspecified atom stereocenters. The Kier molecular flexibility index (Phi) is 23.6. The quantitative estimate of drug-likeness (QED) is 0.0818. The lowest BCUT2D eigenvalue weighted by Crippen LogP contribution is -2.41. The number of hydrogen-bond donors (Lipinski definition) is 0. The Bertz CT molecular complexity index is 843. The van der Waals surface area contributed by atoms with Crippen molar-refractivity contribution < 1.29 is 57.0 Å². The van der Waals surface area contributed by atoms with Gasteiger partial charge in [-0.3, -0.25) is 14.5 Å². The minimum Gasteiger partial charge on any atom is -0.382 e. The Morgan fingerprint density at radius 2 is 0.723 bits per heavy atom. The predicted molar refractivity (Wildman–Crippen MR) is 176 cm³/mol. The van der Waals surface area contributed by atoms with Crippen LogP contribution in [0.3, 0.4) is 0 Å². The summed E-state index contributed by atoms with van der Waals surface area (Å²) in [5.74, 6) is -0.625. The minimum absolute atomic E-state index is 0.0133. The van der Waals surface area contributed by atoms with Crippen molar-refractivity contribution >= 4 is 11.8 Å². The SMILES string of the molecule is COCCOCC(C)OCC(C)OCC(C)OCC(C)OCC(C)OCC(C)OCC(C)OCC(C)OCC(C)N1C(=O)C=CC1=O. The lowest BCUT2D eigenvalue weighted by atomic mass is 10.3. The third-order valence-corrected chi connectivity index (χ3v) is 7.00. The van der Waals surface area contributed by atoms with Gasteiger partial charge in [0.2, 0.25) is 0 Å². The molecule has 0 bridgehead atoms. The molecule has 2 amide bonds. The molecule has 13 nitrogen and oxygen atoms in total. The summed E-state index contributed by atoms with van der Waals surface area (Å²) >= 11 is 0. The van der Waals surface area contributed by atoms with E-state index in [0.29, 0.717) is 66.1 Å². The molecule has 1 rings (SSSR count). The molecule has 13 heteroatoms. The first kappa shape index (κ1) is 43.5. The van der Waals surface area contributed by atoms with Gasteiger partial charge in [-0.25, -0.2) is 0 Å². The number of nitrogens with zero attached hydrogens (tertiary/aromatic N) is 1. The third kappa shape index (κ3) is 21.2. The highest BCUT2D eigenvalue weighted by atomic mass is 16.6. The molecule has 1 aliphatic heterocycles. The zero-order valence-electron chi connectivity index (χ0n) is 30.5. The molecule has 1 aliphatic rings. The fraction of sp³-hybridized carbons (Fsp3) is 0.882. The zero-order chi connectivity index (χ0) is 35.2. The van der Waals surface area contributed by atoms with Gasteiger partial charge in [-0.05, 0) is 62.3 Å². The van der Waals surface area contributed by atoms with Gasteiger partial charge in [0.1, 0.15) is 0 Å². The average Bonchev–Trinajstić information content (AvgIpc) is 3.39. The number of amides is 2. The highest BCUT2D eigenvalue weighted by Crippen LogP contribution is 2.11. The van der Waals surface area contributed by atoms with Crippen molar-refractivity contribution in [1.82, 2.24) is 4.90 Å². The van der Waals surface area contributed by atoms with Gasteiger partial charge in [-0.1, -0.05) is 0 Å². The number of rotatable bonds is 30. The van der Waals surface area contributed by atoms with Gasteiger partial charge >= 0.3 is 0 Å². The van der Waals surface area contributed by atoms with Crippen LogP contribution in [0, 0.1) is 0 Å². The maximum atomic E-state index is 11.8. The van der Waals surface area contributed by atoms with Crippen molar-refractivity contribution in [2.45, 2.75) is 117 Å². The molecule has 0 spiro atoms. The summed E-state index contributed by atoms with van der Waals surface area (Å²) in [7, 11) is 1.65. The molecule has 0 aliphatic carbocycles. The number of imide groups is 1. The minimum atomic E-state index is -0.347. The van der Waals surface area contributed by atoms with Gasteiger partial charge in [-0.2, -0.15) is 0 Å². The van der Waals surface area contributed by atoms with Crippen LogP contribution in [0.5, 0.6) is 0 Å². The van der Waals surface area contributed by atoms with E-state index in [0.717, 1.165) is 0 Å². The first-order valence-electron chi connectivity index (χ1n) is 16.9. The largest absolute Gasteiger partial charge is 0.382 e. The van der Waals surface area contributed by atoms with E-state index in [4.69, 9.17) is 47.4 Å². The summed E-state index contributed by atoms with van der Waals surface area (Å²) in [4.78, 5) is 24.8. The molecule has 0 saturated carbocycles. The van der Waals surface area contributed by atoms with Crippen LogP contribution in [0.1, 0.15) is 62.3 Å². The molecule has 0 radical (unpaired) electrons. The van der Waals surface area contributed by atoms with E-state index < -0.39 is 0 Å². The van der Waals surface area contributed by atoms with Crippen LogP contribution in [0.2, 0.25) is 0 Å². The summed E-state index contributed by atoms with van der Waals surface area (Å²) in [6, 6.07) is -0.347. The van der Waals surface area contributed by atoms with E-state index in [9.17, 15) is 9.59 Å². The van der Waals surface area contributed by atoms with Crippen LogP contribution in [0.15, 0.2) is 12.2 Å². The van der Waals surface area contributed by atoms with Crippen LogP contribution in [0.4, 0.5) is 0 Å². The normalized spacial score (nSPS) is 19.4. The van der Waals surface area contributed by atoms with Crippen LogP contribution >= 0.6 is 0 Å². The number of carbonyl (C=O) groups excluding carboxylic acids is 2. The average molecular weight is 678 g/mol. The standard InChI is InChI=1S/C34H63NO12/c1-24(35-33(36)11-12-34(35)37)15-40-26(3)17-42-28(5)19-44-30(7)21-46-32(9)23-47-31(8)22-45-29(6)20-43-27(4)18-41-25(2)16-39-14-13-38-10/h11-12,24-32H,13-23H2,1-10H3. The number of carbonyl (C=O) groups is 2. The molecule has 276 valence electrons. The summed E-state index contributed by atoms with van der Waals surface area (Å²) in [5, 5.41) is 0. The molecule has 9 atom stereocenters. The molecule has 0 N–H and O–H groups in total. The Hall–Kier alpha value is -1.52. The van der Waals surface area contributed by atoms with Crippen molar-refractivity contribution in [3.63, 3.8) is 0 Å². The fourth-order valence-electron chi connectivity index (χ4n) is 4.10. The molecule has 0 saturated heterocycles. The van der Waals surface area contributed by atoms with Gasteiger partial charge in [0.05, 0.1) is 128 Å². The maximum absolute atomic E-state index is 11.8. The molecular formula is C34H63NO12. The van der Waals surface area contributed by atoms with Gasteiger partial charge in [0.15, 0.2) is 0 Å². The topological polar surface area (TPSA) is 130 Å². The number of methoxy groups -OCH3 is 1. The summed E-state index contributed by atoms with van der Waals surface area (Å²) in [6.07, 6.45) is 1.75. The monoisotopic (exact) mass is 677 g/mol. The van der Waals surface area contributed by atoms with E-state index in [-0.39, 0.29) is 73.3 Å². The first-order chi connectivity index (χ1) is 22.3. The predicted octanol–water partition coefficient (Wildman–Crippen LogP) is 3.20. The molecular weight excluding hydrogens is 614 g/mol. The Balaban J connectivity index is 2.07. The Morgan fingerprint density at radius 1 is 0.447 bits per heavy atom. The number of hydrogen-bond acceptors (Lipinski definition) is 12. The van der Waals surface area contributed by atoms with Crippen LogP contribution < -0.4 is 0 Å². The second-order valence-electron chi connectivity index (χ2n) is 12.4. The van der Waals surface area contributed by atoms with Crippen LogP contribution in [0.25, 0.3) is 0 Å². The van der Waals surface area contributed by atoms with Crippen molar-refractivity contribution in [1.29, 1.82) is 0 Å². The summed E-state index contributed by atoms with van der Waals surface area (Å²) < 4.78 is 57.3. The molecule has 0 aromatic heterocycles. The van der Waals surface area contributed by atoms with Gasteiger partial charge in [-0.15, -0.1) is 0 Å². The third-order valence-electron chi connectivity index (χ3n) is 7.00. The maximum Gasteiger partial charge on any atom is 0.253 e. The van der Waals surface area contributed by atoms with E-state index in [1.54, 1.807) is 14.0 Å². The molecule has 0 aromatic rings. The van der Waals surface area contributed by atoms with Gasteiger partial charge < -0.3 is 47.4 Å². The zero-order valence-corrected chi connectivity index (χ0v) is 30.5. The lowest BCUT2D eigenvalue weighted by Gasteiger charge is -2.25. The summed E-state index contributed by atoms with van der Waals surface area (Å²) in [5.41, 5.74) is 0.